The number of rotatable bonds is 5. The monoisotopic (exact) mass is 432 g/mol. The molecule has 3 N–H and O–H groups in total. The lowest BCUT2D eigenvalue weighted by Crippen LogP contribution is -2.37. The Morgan fingerprint density at radius 2 is 1.94 bits per heavy atom. The van der Waals surface area contributed by atoms with Gasteiger partial charge in [0.25, 0.3) is 5.56 Å². The summed E-state index contributed by atoms with van der Waals surface area (Å²) in [5.74, 6) is 0.481. The van der Waals surface area contributed by atoms with Crippen molar-refractivity contribution in [2.45, 2.75) is 36.8 Å². The molecule has 1 aliphatic rings. The van der Waals surface area contributed by atoms with E-state index in [-0.39, 0.29) is 11.4 Å². The molecule has 0 spiro atoms. The van der Waals surface area contributed by atoms with Crippen LogP contribution in [-0.2, 0) is 18.7 Å². The van der Waals surface area contributed by atoms with Crippen molar-refractivity contribution >= 4 is 22.7 Å². The third kappa shape index (κ3) is 3.54. The second kappa shape index (κ2) is 8.24. The number of hydrogen-bond acceptors (Lipinski definition) is 5. The highest BCUT2D eigenvalue weighted by Crippen LogP contribution is 2.35. The van der Waals surface area contributed by atoms with E-state index in [2.05, 4.69) is 21.4 Å². The molecular weight excluding hydrogens is 408 g/mol. The zero-order chi connectivity index (χ0) is 21.4. The Hall–Kier alpha value is -3.03. The Morgan fingerprint density at radius 1 is 1.16 bits per heavy atom. The molecule has 1 atom stereocenters. The normalized spacial score (nSPS) is 15.8. The van der Waals surface area contributed by atoms with Gasteiger partial charge < -0.3 is 15.4 Å². The van der Waals surface area contributed by atoms with Crippen LogP contribution in [0.3, 0.4) is 0 Å². The maximum absolute atomic E-state index is 13.5. The van der Waals surface area contributed by atoms with Crippen LogP contribution in [-0.4, -0.2) is 26.2 Å². The Morgan fingerprint density at radius 3 is 2.74 bits per heavy atom. The average Bonchev–Trinajstić information content (AvgIpc) is 3.18. The van der Waals surface area contributed by atoms with Crippen molar-refractivity contribution in [2.75, 3.05) is 6.54 Å². The number of benzene rings is 2. The molecule has 1 unspecified atom stereocenters. The first-order chi connectivity index (χ1) is 15.2. The maximum Gasteiger partial charge on any atom is 0.263 e. The second-order valence-corrected chi connectivity index (χ2v) is 8.60. The van der Waals surface area contributed by atoms with Gasteiger partial charge in [-0.15, -0.1) is 0 Å². The third-order valence-electron chi connectivity index (χ3n) is 5.82. The van der Waals surface area contributed by atoms with E-state index in [0.29, 0.717) is 23.0 Å². The quantitative estimate of drug-likeness (QED) is 0.328. The fourth-order valence-corrected chi connectivity index (χ4v) is 5.34. The van der Waals surface area contributed by atoms with Crippen molar-refractivity contribution in [1.82, 2.24) is 19.9 Å². The van der Waals surface area contributed by atoms with Crippen LogP contribution in [0.1, 0.15) is 35.3 Å². The number of nitrogens with one attached hydrogen (secondary N) is 2. The number of nitrogens with zero attached hydrogens (tertiary/aromatic N) is 2. The standard InChI is InChI=1S/C24H24N4O2S/c1-2-28-23(30)19(22(29)27-24(28)31-14-15-8-4-3-5-9-15)21-20-17(12-13-25-21)16-10-6-7-11-18(16)26-20/h3-11,21,25-26,29H,2,12-14H2,1H3. The van der Waals surface area contributed by atoms with E-state index in [4.69, 9.17) is 0 Å². The Balaban J connectivity index is 1.56. The molecule has 158 valence electrons. The Labute approximate surface area is 184 Å². The maximum atomic E-state index is 13.5. The highest BCUT2D eigenvalue weighted by atomic mass is 32.2. The predicted octanol–water partition coefficient (Wildman–Crippen LogP) is 3.98. The molecule has 5 rings (SSSR count). The van der Waals surface area contributed by atoms with Crippen molar-refractivity contribution in [3.63, 3.8) is 0 Å². The molecule has 6 nitrogen and oxygen atoms in total. The van der Waals surface area contributed by atoms with E-state index in [0.717, 1.165) is 29.7 Å². The molecule has 3 heterocycles. The van der Waals surface area contributed by atoms with Gasteiger partial charge in [-0.2, -0.15) is 4.98 Å². The number of H-pyrrole nitrogens is 1. The van der Waals surface area contributed by atoms with E-state index in [1.165, 1.54) is 22.7 Å². The first-order valence-electron chi connectivity index (χ1n) is 10.5. The SMILES string of the molecule is CCn1c(SCc2ccccc2)nc(O)c(C2NCCc3c2[nH]c2ccccc32)c1=O. The molecule has 7 heteroatoms. The Kier molecular flexibility index (Phi) is 5.29. The third-order valence-corrected chi connectivity index (χ3v) is 6.87. The average molecular weight is 433 g/mol. The summed E-state index contributed by atoms with van der Waals surface area (Å²) in [7, 11) is 0. The van der Waals surface area contributed by atoms with Gasteiger partial charge in [0.15, 0.2) is 5.16 Å². The van der Waals surface area contributed by atoms with E-state index in [1.54, 1.807) is 4.57 Å². The zero-order valence-corrected chi connectivity index (χ0v) is 18.1. The number of hydrogen-bond donors (Lipinski definition) is 3. The van der Waals surface area contributed by atoms with Crippen molar-refractivity contribution in [1.29, 1.82) is 0 Å². The minimum Gasteiger partial charge on any atom is -0.493 e. The lowest BCUT2D eigenvalue weighted by atomic mass is 9.95. The number of fused-ring (bicyclic) bond motifs is 3. The minimum atomic E-state index is -0.415. The van der Waals surface area contributed by atoms with Gasteiger partial charge >= 0.3 is 0 Å². The summed E-state index contributed by atoms with van der Waals surface area (Å²) in [5.41, 5.74) is 4.43. The van der Waals surface area contributed by atoms with Gasteiger partial charge in [-0.3, -0.25) is 9.36 Å². The zero-order valence-electron chi connectivity index (χ0n) is 17.3. The molecule has 0 saturated carbocycles. The van der Waals surface area contributed by atoms with Gasteiger partial charge in [-0.25, -0.2) is 0 Å². The fraction of sp³-hybridized carbons (Fsp3) is 0.250. The number of para-hydroxylation sites is 1. The molecule has 1 aliphatic heterocycles. The first kappa shape index (κ1) is 19.9. The summed E-state index contributed by atoms with van der Waals surface area (Å²) in [6.07, 6.45) is 0.872. The number of aromatic amines is 1. The second-order valence-electron chi connectivity index (χ2n) is 7.66. The van der Waals surface area contributed by atoms with Crippen LogP contribution in [0.5, 0.6) is 5.88 Å². The molecule has 0 radical (unpaired) electrons. The van der Waals surface area contributed by atoms with E-state index in [1.807, 2.05) is 55.5 Å². The molecule has 0 fully saturated rings. The van der Waals surface area contributed by atoms with Gasteiger partial charge in [-0.05, 0) is 30.5 Å². The molecule has 2 aromatic carbocycles. The van der Waals surface area contributed by atoms with Gasteiger partial charge in [0.05, 0.1) is 6.04 Å². The molecule has 0 aliphatic carbocycles. The topological polar surface area (TPSA) is 82.9 Å². The number of aromatic nitrogens is 3. The van der Waals surface area contributed by atoms with Gasteiger partial charge in [0.2, 0.25) is 5.88 Å². The van der Waals surface area contributed by atoms with Crippen molar-refractivity contribution in [3.8, 4) is 5.88 Å². The first-order valence-corrected chi connectivity index (χ1v) is 11.5. The van der Waals surface area contributed by atoms with E-state index >= 15 is 0 Å². The molecule has 31 heavy (non-hydrogen) atoms. The van der Waals surface area contributed by atoms with Crippen LogP contribution in [0.2, 0.25) is 0 Å². The predicted molar refractivity (Wildman–Crippen MR) is 124 cm³/mol. The van der Waals surface area contributed by atoms with Crippen LogP contribution in [0.4, 0.5) is 0 Å². The van der Waals surface area contributed by atoms with Crippen LogP contribution in [0.25, 0.3) is 10.9 Å². The summed E-state index contributed by atoms with van der Waals surface area (Å²) in [6.45, 7) is 3.15. The van der Waals surface area contributed by atoms with E-state index in [9.17, 15) is 9.90 Å². The van der Waals surface area contributed by atoms with Crippen molar-refractivity contribution in [2.24, 2.45) is 0 Å². The van der Waals surface area contributed by atoms with Crippen molar-refractivity contribution < 1.29 is 5.11 Å². The largest absolute Gasteiger partial charge is 0.493 e. The van der Waals surface area contributed by atoms with Crippen molar-refractivity contribution in [3.05, 3.63) is 87.3 Å². The summed E-state index contributed by atoms with van der Waals surface area (Å²) in [5, 5.41) is 16.0. The molecule has 2 aromatic heterocycles. The molecule has 0 amide bonds. The van der Waals surface area contributed by atoms with Crippen LogP contribution >= 0.6 is 11.8 Å². The molecule has 0 bridgehead atoms. The molecule has 0 saturated heterocycles. The van der Waals surface area contributed by atoms with Crippen LogP contribution < -0.4 is 10.9 Å². The van der Waals surface area contributed by atoms with Gasteiger partial charge in [0.1, 0.15) is 5.56 Å². The summed E-state index contributed by atoms with van der Waals surface area (Å²) < 4.78 is 1.65. The number of aromatic hydroxyl groups is 1. The molecule has 4 aromatic rings. The highest BCUT2D eigenvalue weighted by molar-refractivity contribution is 7.98. The smallest absolute Gasteiger partial charge is 0.263 e. The van der Waals surface area contributed by atoms with Gasteiger partial charge in [-0.1, -0.05) is 60.3 Å². The summed E-state index contributed by atoms with van der Waals surface area (Å²) >= 11 is 1.46. The van der Waals surface area contributed by atoms with E-state index < -0.39 is 6.04 Å². The highest BCUT2D eigenvalue weighted by Gasteiger charge is 2.31. The molecular formula is C24H24N4O2S. The fourth-order valence-electron chi connectivity index (χ4n) is 4.33. The summed E-state index contributed by atoms with van der Waals surface area (Å²) in [4.78, 5) is 21.4. The summed E-state index contributed by atoms with van der Waals surface area (Å²) in [6, 6.07) is 17.8. The lowest BCUT2D eigenvalue weighted by Gasteiger charge is -2.25. The Bertz CT molecular complexity index is 1300. The minimum absolute atomic E-state index is 0.199. The van der Waals surface area contributed by atoms with Crippen LogP contribution in [0, 0.1) is 0 Å². The lowest BCUT2D eigenvalue weighted by molar-refractivity contribution is 0.409. The number of thioether (sulfide) groups is 1. The van der Waals surface area contributed by atoms with Gasteiger partial charge in [0, 0.05) is 35.4 Å². The van der Waals surface area contributed by atoms with Crippen LogP contribution in [0.15, 0.2) is 64.5 Å².